The second-order valence-electron chi connectivity index (χ2n) is 6.08. The summed E-state index contributed by atoms with van der Waals surface area (Å²) in [4.78, 5) is 19.4. The molecule has 0 aromatic carbocycles. The van der Waals surface area contributed by atoms with Gasteiger partial charge in [0, 0.05) is 36.9 Å². The first kappa shape index (κ1) is 15.5. The van der Waals surface area contributed by atoms with Crippen LogP contribution < -0.4 is 10.5 Å². The minimum absolute atomic E-state index is 0.0222. The van der Waals surface area contributed by atoms with Crippen molar-refractivity contribution in [3.05, 3.63) is 22.7 Å². The summed E-state index contributed by atoms with van der Waals surface area (Å²) in [5.41, 5.74) is 0.0222. The number of hydrogen-bond donors (Lipinski definition) is 0. The van der Waals surface area contributed by atoms with E-state index >= 15 is 0 Å². The second-order valence-corrected chi connectivity index (χ2v) is 7.26. The molecule has 1 aliphatic rings. The Labute approximate surface area is 129 Å². The van der Waals surface area contributed by atoms with Gasteiger partial charge in [0.2, 0.25) is 0 Å². The van der Waals surface area contributed by atoms with Crippen LogP contribution in [0.25, 0.3) is 0 Å². The number of anilines is 1. The molecule has 0 saturated heterocycles. The van der Waals surface area contributed by atoms with Crippen molar-refractivity contribution in [2.45, 2.75) is 56.9 Å². The largest absolute Gasteiger partial charge is 0.351 e. The Balaban J connectivity index is 2.25. The number of aromatic nitrogens is 2. The van der Waals surface area contributed by atoms with Crippen molar-refractivity contribution in [2.75, 3.05) is 11.9 Å². The summed E-state index contributed by atoms with van der Waals surface area (Å²) in [7, 11) is 1.99. The molecule has 1 aromatic heterocycles. The van der Waals surface area contributed by atoms with Gasteiger partial charge in [-0.2, -0.15) is 0 Å². The van der Waals surface area contributed by atoms with E-state index in [4.69, 9.17) is 0 Å². The minimum atomic E-state index is 0.0222. The van der Waals surface area contributed by atoms with Gasteiger partial charge in [-0.15, -0.1) is 0 Å². The molecule has 0 N–H and O–H groups in total. The maximum absolute atomic E-state index is 12.5. The van der Waals surface area contributed by atoms with Crippen LogP contribution >= 0.6 is 15.9 Å². The summed E-state index contributed by atoms with van der Waals surface area (Å²) in [6.07, 6.45) is 8.30. The standard InChI is InChI=1S/C15H24BrN3O/c1-11(2)10-19-9-8-17-14(15(19)20)18(3)13-7-5-4-6-12(13)16/h8-9,11-13H,4-7,10H2,1-3H3. The highest BCUT2D eigenvalue weighted by atomic mass is 79.9. The molecule has 112 valence electrons. The van der Waals surface area contributed by atoms with E-state index in [0.717, 1.165) is 13.0 Å². The molecule has 1 aromatic rings. The third kappa shape index (κ3) is 3.43. The first-order valence-corrected chi connectivity index (χ1v) is 8.34. The van der Waals surface area contributed by atoms with Crippen molar-refractivity contribution in [3.8, 4) is 0 Å². The van der Waals surface area contributed by atoms with E-state index in [1.807, 2.05) is 7.05 Å². The van der Waals surface area contributed by atoms with Gasteiger partial charge >= 0.3 is 0 Å². The quantitative estimate of drug-likeness (QED) is 0.790. The summed E-state index contributed by atoms with van der Waals surface area (Å²) in [5.74, 6) is 1.02. The van der Waals surface area contributed by atoms with Gasteiger partial charge < -0.3 is 9.47 Å². The lowest BCUT2D eigenvalue weighted by Gasteiger charge is -2.35. The summed E-state index contributed by atoms with van der Waals surface area (Å²) < 4.78 is 1.77. The number of alkyl halides is 1. The molecule has 2 atom stereocenters. The number of rotatable bonds is 4. The van der Waals surface area contributed by atoms with E-state index < -0.39 is 0 Å². The third-order valence-electron chi connectivity index (χ3n) is 3.94. The molecule has 1 fully saturated rings. The third-order valence-corrected chi connectivity index (χ3v) is 5.00. The van der Waals surface area contributed by atoms with E-state index in [0.29, 0.717) is 22.6 Å². The molecule has 2 unspecified atom stereocenters. The Kier molecular flexibility index (Phi) is 5.24. The van der Waals surface area contributed by atoms with Crippen LogP contribution in [0.4, 0.5) is 5.82 Å². The van der Waals surface area contributed by atoms with Crippen LogP contribution in [0.2, 0.25) is 0 Å². The van der Waals surface area contributed by atoms with Crippen molar-refractivity contribution in [2.24, 2.45) is 5.92 Å². The molecule has 0 spiro atoms. The highest BCUT2D eigenvalue weighted by Crippen LogP contribution is 2.29. The number of halogens is 1. The number of hydrogen-bond acceptors (Lipinski definition) is 3. The summed E-state index contributed by atoms with van der Waals surface area (Å²) in [6.45, 7) is 4.97. The van der Waals surface area contributed by atoms with Gasteiger partial charge in [0.1, 0.15) is 0 Å². The van der Waals surface area contributed by atoms with Gasteiger partial charge in [0.05, 0.1) is 0 Å². The van der Waals surface area contributed by atoms with E-state index in [2.05, 4.69) is 39.7 Å². The fourth-order valence-corrected chi connectivity index (χ4v) is 3.82. The van der Waals surface area contributed by atoms with Crippen molar-refractivity contribution >= 4 is 21.7 Å². The molecule has 0 aliphatic heterocycles. The van der Waals surface area contributed by atoms with Crippen LogP contribution in [0.5, 0.6) is 0 Å². The van der Waals surface area contributed by atoms with Crippen molar-refractivity contribution in [3.63, 3.8) is 0 Å². The van der Waals surface area contributed by atoms with Crippen LogP contribution in [-0.4, -0.2) is 27.5 Å². The van der Waals surface area contributed by atoms with Crippen LogP contribution in [0.1, 0.15) is 39.5 Å². The zero-order chi connectivity index (χ0) is 14.7. The maximum Gasteiger partial charge on any atom is 0.293 e. The molecule has 1 saturated carbocycles. The van der Waals surface area contributed by atoms with E-state index in [1.54, 1.807) is 17.0 Å². The second kappa shape index (κ2) is 6.74. The fraction of sp³-hybridized carbons (Fsp3) is 0.733. The zero-order valence-electron chi connectivity index (χ0n) is 12.6. The van der Waals surface area contributed by atoms with Crippen LogP contribution in [0.15, 0.2) is 17.2 Å². The molecule has 2 rings (SSSR count). The molecular weight excluding hydrogens is 318 g/mol. The highest BCUT2D eigenvalue weighted by molar-refractivity contribution is 9.09. The SMILES string of the molecule is CC(C)Cn1ccnc(N(C)C2CCCCC2Br)c1=O. The molecule has 1 aliphatic carbocycles. The fourth-order valence-electron chi connectivity index (χ4n) is 2.87. The summed E-state index contributed by atoms with van der Waals surface area (Å²) >= 11 is 3.76. The van der Waals surface area contributed by atoms with Gasteiger partial charge in [0.15, 0.2) is 5.82 Å². The average Bonchev–Trinajstić information content (AvgIpc) is 2.40. The first-order chi connectivity index (χ1) is 9.50. The topological polar surface area (TPSA) is 38.1 Å². The van der Waals surface area contributed by atoms with Crippen molar-refractivity contribution in [1.82, 2.24) is 9.55 Å². The van der Waals surface area contributed by atoms with E-state index in [1.165, 1.54) is 19.3 Å². The lowest BCUT2D eigenvalue weighted by molar-refractivity contribution is 0.439. The highest BCUT2D eigenvalue weighted by Gasteiger charge is 2.28. The van der Waals surface area contributed by atoms with Gasteiger partial charge in [-0.05, 0) is 18.8 Å². The first-order valence-electron chi connectivity index (χ1n) is 7.43. The predicted octanol–water partition coefficient (Wildman–Crippen LogP) is 3.04. The average molecular weight is 342 g/mol. The molecule has 1 heterocycles. The lowest BCUT2D eigenvalue weighted by Crippen LogP contribution is -2.44. The van der Waals surface area contributed by atoms with Gasteiger partial charge in [-0.3, -0.25) is 4.79 Å². The molecule has 0 radical (unpaired) electrons. The van der Waals surface area contributed by atoms with Crippen LogP contribution in [0, 0.1) is 5.92 Å². The van der Waals surface area contributed by atoms with E-state index in [9.17, 15) is 4.79 Å². The van der Waals surface area contributed by atoms with Gasteiger partial charge in [-0.1, -0.05) is 42.6 Å². The molecular formula is C15H24BrN3O. The smallest absolute Gasteiger partial charge is 0.293 e. The lowest BCUT2D eigenvalue weighted by atomic mass is 9.94. The Morgan fingerprint density at radius 2 is 2.15 bits per heavy atom. The predicted molar refractivity (Wildman–Crippen MR) is 86.7 cm³/mol. The van der Waals surface area contributed by atoms with E-state index in [-0.39, 0.29) is 5.56 Å². The van der Waals surface area contributed by atoms with Gasteiger partial charge in [0.25, 0.3) is 5.56 Å². The normalized spacial score (nSPS) is 23.1. The van der Waals surface area contributed by atoms with Crippen LogP contribution in [0.3, 0.4) is 0 Å². The minimum Gasteiger partial charge on any atom is -0.351 e. The number of nitrogens with zero attached hydrogens (tertiary/aromatic N) is 3. The Morgan fingerprint density at radius 3 is 2.80 bits per heavy atom. The molecule has 5 heteroatoms. The van der Waals surface area contributed by atoms with Crippen molar-refractivity contribution in [1.29, 1.82) is 0 Å². The molecule has 0 amide bonds. The zero-order valence-corrected chi connectivity index (χ0v) is 14.1. The van der Waals surface area contributed by atoms with Crippen molar-refractivity contribution < 1.29 is 0 Å². The maximum atomic E-state index is 12.5. The van der Waals surface area contributed by atoms with Gasteiger partial charge in [-0.25, -0.2) is 4.98 Å². The Hall–Kier alpha value is -0.840. The van der Waals surface area contributed by atoms with Crippen LogP contribution in [-0.2, 0) is 6.54 Å². The Bertz CT molecular complexity index is 500. The monoisotopic (exact) mass is 341 g/mol. The molecule has 0 bridgehead atoms. The summed E-state index contributed by atoms with van der Waals surface area (Å²) in [6, 6.07) is 0.360. The summed E-state index contributed by atoms with van der Waals surface area (Å²) in [5, 5.41) is 0. The molecule has 4 nitrogen and oxygen atoms in total. The molecule has 20 heavy (non-hydrogen) atoms. The Morgan fingerprint density at radius 1 is 1.45 bits per heavy atom.